The van der Waals surface area contributed by atoms with Crippen molar-refractivity contribution >= 4 is 0 Å². The molecule has 0 amide bonds. The first kappa shape index (κ1) is 11.4. The van der Waals surface area contributed by atoms with Gasteiger partial charge in [0.05, 0.1) is 12.8 Å². The van der Waals surface area contributed by atoms with E-state index < -0.39 is 0 Å². The van der Waals surface area contributed by atoms with Crippen molar-refractivity contribution in [2.24, 2.45) is 5.73 Å². The van der Waals surface area contributed by atoms with E-state index in [4.69, 9.17) is 14.7 Å². The number of likely N-dealkylation sites (tertiary alicyclic amines) is 1. The molecule has 3 rings (SSSR count). The van der Waals surface area contributed by atoms with E-state index in [1.54, 1.807) is 18.4 Å². The molecule has 0 spiro atoms. The van der Waals surface area contributed by atoms with Crippen LogP contribution in [-0.4, -0.2) is 34.2 Å². The second-order valence-electron chi connectivity index (χ2n) is 4.63. The van der Waals surface area contributed by atoms with Crippen LogP contribution in [0.3, 0.4) is 0 Å². The zero-order chi connectivity index (χ0) is 12.4. The van der Waals surface area contributed by atoms with Crippen LogP contribution in [0, 0.1) is 0 Å². The third kappa shape index (κ3) is 2.44. The van der Waals surface area contributed by atoms with Crippen molar-refractivity contribution in [2.75, 3.05) is 13.1 Å². The normalized spacial score (nSPS) is 21.3. The van der Waals surface area contributed by atoms with E-state index >= 15 is 0 Å². The monoisotopic (exact) mass is 248 g/mol. The molecule has 1 atom stereocenters. The van der Waals surface area contributed by atoms with Gasteiger partial charge in [-0.2, -0.15) is 4.98 Å². The lowest BCUT2D eigenvalue weighted by Gasteiger charge is -2.29. The molecule has 0 radical (unpaired) electrons. The maximum Gasteiger partial charge on any atom is 0.293 e. The lowest BCUT2D eigenvalue weighted by molar-refractivity contribution is 0.195. The number of hydrogen-bond donors (Lipinski definition) is 1. The number of aromatic nitrogens is 2. The molecule has 6 nitrogen and oxygen atoms in total. The molecule has 6 heteroatoms. The maximum absolute atomic E-state index is 5.94. The smallest absolute Gasteiger partial charge is 0.293 e. The Hall–Kier alpha value is -1.66. The third-order valence-corrected chi connectivity index (χ3v) is 3.11. The summed E-state index contributed by atoms with van der Waals surface area (Å²) >= 11 is 0. The second-order valence-corrected chi connectivity index (χ2v) is 4.63. The molecule has 3 heterocycles. The van der Waals surface area contributed by atoms with Crippen LogP contribution >= 0.6 is 0 Å². The molecular weight excluding hydrogens is 232 g/mol. The average molecular weight is 248 g/mol. The summed E-state index contributed by atoms with van der Waals surface area (Å²) in [5, 5.41) is 3.96. The third-order valence-electron chi connectivity index (χ3n) is 3.11. The number of rotatable bonds is 3. The highest BCUT2D eigenvalue weighted by molar-refractivity contribution is 5.42. The summed E-state index contributed by atoms with van der Waals surface area (Å²) in [4.78, 5) is 6.57. The summed E-state index contributed by atoms with van der Waals surface area (Å²) in [6.45, 7) is 2.61. The van der Waals surface area contributed by atoms with Gasteiger partial charge in [-0.15, -0.1) is 0 Å². The molecule has 0 aromatic carbocycles. The van der Waals surface area contributed by atoms with Crippen molar-refractivity contribution < 1.29 is 8.94 Å². The van der Waals surface area contributed by atoms with Gasteiger partial charge in [-0.25, -0.2) is 0 Å². The predicted molar refractivity (Wildman–Crippen MR) is 64.5 cm³/mol. The maximum atomic E-state index is 5.94. The Kier molecular flexibility index (Phi) is 3.12. The first-order chi connectivity index (χ1) is 8.81. The van der Waals surface area contributed by atoms with Crippen molar-refractivity contribution in [1.29, 1.82) is 0 Å². The Labute approximate surface area is 105 Å². The van der Waals surface area contributed by atoms with Gasteiger partial charge in [-0.05, 0) is 31.5 Å². The average Bonchev–Trinajstić information content (AvgIpc) is 2.98. The van der Waals surface area contributed by atoms with E-state index in [2.05, 4.69) is 15.0 Å². The second kappa shape index (κ2) is 4.91. The highest BCUT2D eigenvalue weighted by atomic mass is 16.5. The minimum absolute atomic E-state index is 0.259. The van der Waals surface area contributed by atoms with Gasteiger partial charge in [0, 0.05) is 12.6 Å². The van der Waals surface area contributed by atoms with Gasteiger partial charge in [0.1, 0.15) is 0 Å². The number of furan rings is 1. The van der Waals surface area contributed by atoms with Crippen molar-refractivity contribution in [3.63, 3.8) is 0 Å². The number of nitrogens with zero attached hydrogens (tertiary/aromatic N) is 3. The van der Waals surface area contributed by atoms with Gasteiger partial charge >= 0.3 is 0 Å². The lowest BCUT2D eigenvalue weighted by Crippen LogP contribution is -2.42. The van der Waals surface area contributed by atoms with Crippen molar-refractivity contribution in [2.45, 2.75) is 25.4 Å². The number of piperidine rings is 1. The highest BCUT2D eigenvalue weighted by Crippen LogP contribution is 2.18. The minimum atomic E-state index is 0.259. The molecule has 1 unspecified atom stereocenters. The molecule has 0 bridgehead atoms. The van der Waals surface area contributed by atoms with Crippen LogP contribution in [0.15, 0.2) is 27.3 Å². The van der Waals surface area contributed by atoms with Crippen LogP contribution in [0.4, 0.5) is 0 Å². The van der Waals surface area contributed by atoms with E-state index in [1.807, 2.05) is 0 Å². The van der Waals surface area contributed by atoms with Gasteiger partial charge < -0.3 is 14.7 Å². The zero-order valence-electron chi connectivity index (χ0n) is 10.1. The highest BCUT2D eigenvalue weighted by Gasteiger charge is 2.19. The summed E-state index contributed by atoms with van der Waals surface area (Å²) in [7, 11) is 0. The summed E-state index contributed by atoms with van der Waals surface area (Å²) in [5.41, 5.74) is 5.94. The van der Waals surface area contributed by atoms with Crippen LogP contribution in [-0.2, 0) is 6.54 Å². The van der Waals surface area contributed by atoms with Crippen LogP contribution in [0.25, 0.3) is 11.7 Å². The summed E-state index contributed by atoms with van der Waals surface area (Å²) in [6.07, 6.45) is 3.81. The minimum Gasteiger partial charge on any atom is -0.459 e. The molecule has 1 aliphatic heterocycles. The molecule has 0 saturated carbocycles. The SMILES string of the molecule is NC1CCCN(Cc2noc(-c3ccco3)n2)C1. The first-order valence-electron chi connectivity index (χ1n) is 6.15. The topological polar surface area (TPSA) is 81.3 Å². The Balaban J connectivity index is 1.66. The molecule has 2 N–H and O–H groups in total. The van der Waals surface area contributed by atoms with Gasteiger partial charge in [-0.3, -0.25) is 4.90 Å². The summed E-state index contributed by atoms with van der Waals surface area (Å²) in [6, 6.07) is 3.85. The Morgan fingerprint density at radius 2 is 2.44 bits per heavy atom. The quantitative estimate of drug-likeness (QED) is 0.880. The molecule has 2 aromatic rings. The van der Waals surface area contributed by atoms with Crippen molar-refractivity contribution in [3.05, 3.63) is 24.2 Å². The van der Waals surface area contributed by atoms with Crippen LogP contribution in [0.5, 0.6) is 0 Å². The van der Waals surface area contributed by atoms with Crippen LogP contribution in [0.1, 0.15) is 18.7 Å². The summed E-state index contributed by atoms with van der Waals surface area (Å²) < 4.78 is 10.4. The van der Waals surface area contributed by atoms with Crippen molar-refractivity contribution in [3.8, 4) is 11.7 Å². The zero-order valence-corrected chi connectivity index (χ0v) is 10.1. The molecule has 1 fully saturated rings. The van der Waals surface area contributed by atoms with E-state index in [0.717, 1.165) is 25.9 Å². The van der Waals surface area contributed by atoms with E-state index in [1.165, 1.54) is 0 Å². The Morgan fingerprint density at radius 1 is 1.50 bits per heavy atom. The van der Waals surface area contributed by atoms with Crippen LogP contribution < -0.4 is 5.73 Å². The van der Waals surface area contributed by atoms with E-state index in [9.17, 15) is 0 Å². The molecular formula is C12H16N4O2. The molecule has 1 aliphatic rings. The van der Waals surface area contributed by atoms with E-state index in [0.29, 0.717) is 24.0 Å². The molecule has 18 heavy (non-hydrogen) atoms. The van der Waals surface area contributed by atoms with Gasteiger partial charge in [0.15, 0.2) is 11.6 Å². The summed E-state index contributed by atoms with van der Waals surface area (Å²) in [5.74, 6) is 1.70. The lowest BCUT2D eigenvalue weighted by atomic mass is 10.1. The fourth-order valence-corrected chi connectivity index (χ4v) is 2.25. The Morgan fingerprint density at radius 3 is 3.22 bits per heavy atom. The number of hydrogen-bond acceptors (Lipinski definition) is 6. The molecule has 96 valence electrons. The largest absolute Gasteiger partial charge is 0.459 e. The fourth-order valence-electron chi connectivity index (χ4n) is 2.25. The molecule has 2 aromatic heterocycles. The van der Waals surface area contributed by atoms with Crippen LogP contribution in [0.2, 0.25) is 0 Å². The predicted octanol–water partition coefficient (Wildman–Crippen LogP) is 1.25. The van der Waals surface area contributed by atoms with Gasteiger partial charge in [0.25, 0.3) is 5.89 Å². The Bertz CT molecular complexity index is 494. The standard InChI is InChI=1S/C12H16N4O2/c13-9-3-1-5-16(7-9)8-11-14-12(18-15-11)10-4-2-6-17-10/h2,4,6,9H,1,3,5,7-8,13H2. The number of nitrogens with two attached hydrogens (primary N) is 1. The fraction of sp³-hybridized carbons (Fsp3) is 0.500. The van der Waals surface area contributed by atoms with E-state index in [-0.39, 0.29) is 6.04 Å². The van der Waals surface area contributed by atoms with Gasteiger partial charge in [0.2, 0.25) is 0 Å². The molecule has 1 saturated heterocycles. The van der Waals surface area contributed by atoms with Gasteiger partial charge in [-0.1, -0.05) is 5.16 Å². The van der Waals surface area contributed by atoms with Crippen molar-refractivity contribution in [1.82, 2.24) is 15.0 Å². The first-order valence-corrected chi connectivity index (χ1v) is 6.15. The molecule has 0 aliphatic carbocycles.